The molecule has 0 spiro atoms. The maximum absolute atomic E-state index is 12.6. The molecule has 5 nitrogen and oxygen atoms in total. The molecule has 0 atom stereocenters. The lowest BCUT2D eigenvalue weighted by Gasteiger charge is -2.56. The third-order valence-corrected chi connectivity index (χ3v) is 6.90. The molecule has 4 bridgehead atoms. The molecule has 4 saturated carbocycles. The summed E-state index contributed by atoms with van der Waals surface area (Å²) >= 11 is 3.32. The molecule has 0 unspecified atom stereocenters. The number of benzene rings is 1. The van der Waals surface area contributed by atoms with Crippen molar-refractivity contribution in [2.75, 3.05) is 13.7 Å². The van der Waals surface area contributed by atoms with Crippen molar-refractivity contribution in [1.82, 2.24) is 5.32 Å². The minimum atomic E-state index is -0.0930. The smallest absolute Gasteiger partial charge is 0.258 e. The van der Waals surface area contributed by atoms with Gasteiger partial charge in [-0.15, -0.1) is 0 Å². The highest BCUT2D eigenvalue weighted by Gasteiger charge is 2.51. The Morgan fingerprint density at radius 3 is 2.35 bits per heavy atom. The molecule has 1 aromatic carbocycles. The summed E-state index contributed by atoms with van der Waals surface area (Å²) in [6.45, 7) is -0.0714. The monoisotopic (exact) mass is 421 g/mol. The fourth-order valence-corrected chi connectivity index (χ4v) is 6.07. The van der Waals surface area contributed by atoms with Crippen molar-refractivity contribution in [3.63, 3.8) is 0 Å². The molecule has 4 aliphatic carbocycles. The Hall–Kier alpha value is -1.56. The fraction of sp³-hybridized carbons (Fsp3) is 0.600. The zero-order chi connectivity index (χ0) is 18.3. The summed E-state index contributed by atoms with van der Waals surface area (Å²) in [5.74, 6) is 3.14. The van der Waals surface area contributed by atoms with E-state index < -0.39 is 0 Å². The number of aldehydes is 1. The third-order valence-electron chi connectivity index (χ3n) is 6.21. The second-order valence-corrected chi connectivity index (χ2v) is 9.03. The van der Waals surface area contributed by atoms with Gasteiger partial charge in [0, 0.05) is 15.6 Å². The van der Waals surface area contributed by atoms with Crippen molar-refractivity contribution in [1.29, 1.82) is 0 Å². The Morgan fingerprint density at radius 2 is 1.81 bits per heavy atom. The Morgan fingerprint density at radius 1 is 1.19 bits per heavy atom. The first-order valence-corrected chi connectivity index (χ1v) is 10.1. The molecule has 0 aromatic heterocycles. The van der Waals surface area contributed by atoms with Gasteiger partial charge < -0.3 is 14.8 Å². The lowest BCUT2D eigenvalue weighted by molar-refractivity contribution is -0.128. The maximum Gasteiger partial charge on any atom is 0.258 e. The Labute approximate surface area is 161 Å². The summed E-state index contributed by atoms with van der Waals surface area (Å²) < 4.78 is 11.6. The van der Waals surface area contributed by atoms with Gasteiger partial charge in [0.25, 0.3) is 5.91 Å². The summed E-state index contributed by atoms with van der Waals surface area (Å²) in [7, 11) is 1.53. The van der Waals surface area contributed by atoms with E-state index in [0.29, 0.717) is 21.5 Å². The Kier molecular flexibility index (Phi) is 4.71. The molecule has 6 heteroatoms. The fourth-order valence-electron chi connectivity index (χ4n) is 5.65. The summed E-state index contributed by atoms with van der Waals surface area (Å²) in [5, 5.41) is 3.29. The normalized spacial score (nSPS) is 31.5. The van der Waals surface area contributed by atoms with Gasteiger partial charge in [0.15, 0.2) is 24.4 Å². The minimum absolute atomic E-state index is 0.0209. The molecule has 4 fully saturated rings. The van der Waals surface area contributed by atoms with Gasteiger partial charge in [0.1, 0.15) is 0 Å². The lowest BCUT2D eigenvalue weighted by Crippen LogP contribution is -2.60. The van der Waals surface area contributed by atoms with Gasteiger partial charge in [0.05, 0.1) is 7.11 Å². The van der Waals surface area contributed by atoms with Crippen LogP contribution in [0, 0.1) is 17.8 Å². The van der Waals surface area contributed by atoms with Gasteiger partial charge in [0.2, 0.25) is 0 Å². The highest BCUT2D eigenvalue weighted by molar-refractivity contribution is 9.10. The number of hydrogen-bond donors (Lipinski definition) is 1. The number of halogens is 1. The molecule has 0 radical (unpaired) electrons. The predicted molar refractivity (Wildman–Crippen MR) is 101 cm³/mol. The highest BCUT2D eigenvalue weighted by Crippen LogP contribution is 2.55. The molecule has 0 aliphatic heterocycles. The zero-order valence-electron chi connectivity index (χ0n) is 14.9. The maximum atomic E-state index is 12.6. The van der Waals surface area contributed by atoms with Crippen molar-refractivity contribution in [3.05, 3.63) is 22.2 Å². The van der Waals surface area contributed by atoms with Crippen LogP contribution in [0.25, 0.3) is 0 Å². The Bertz CT molecular complexity index is 697. The van der Waals surface area contributed by atoms with Crippen LogP contribution in [0.2, 0.25) is 0 Å². The van der Waals surface area contributed by atoms with Crippen LogP contribution in [-0.4, -0.2) is 31.4 Å². The van der Waals surface area contributed by atoms with E-state index in [1.807, 2.05) is 0 Å². The first kappa shape index (κ1) is 17.8. The van der Waals surface area contributed by atoms with Crippen LogP contribution in [0.15, 0.2) is 16.6 Å². The van der Waals surface area contributed by atoms with E-state index in [1.165, 1.54) is 26.4 Å². The summed E-state index contributed by atoms with van der Waals surface area (Å²) in [4.78, 5) is 23.7. The van der Waals surface area contributed by atoms with Crippen molar-refractivity contribution in [2.24, 2.45) is 17.8 Å². The van der Waals surface area contributed by atoms with Crippen LogP contribution in [0.1, 0.15) is 48.9 Å². The molecule has 0 heterocycles. The standard InChI is InChI=1S/C20H24BrNO4/c1-25-17-6-16(21)15(10-23)5-18(17)26-11-19(24)22-20-7-12-2-13(8-20)4-14(3-12)9-20/h5-6,10,12-14H,2-4,7-9,11H2,1H3,(H,22,24). The highest BCUT2D eigenvalue weighted by atomic mass is 79.9. The number of carbonyl (C=O) groups excluding carboxylic acids is 2. The number of amides is 1. The number of rotatable bonds is 6. The summed E-state index contributed by atoms with van der Waals surface area (Å²) in [6, 6.07) is 3.27. The van der Waals surface area contributed by atoms with E-state index in [0.717, 1.165) is 43.3 Å². The van der Waals surface area contributed by atoms with Crippen molar-refractivity contribution < 1.29 is 19.1 Å². The largest absolute Gasteiger partial charge is 0.493 e. The third kappa shape index (κ3) is 3.36. The van der Waals surface area contributed by atoms with E-state index in [9.17, 15) is 9.59 Å². The first-order valence-electron chi connectivity index (χ1n) is 9.27. The first-order chi connectivity index (χ1) is 12.5. The van der Waals surface area contributed by atoms with Crippen molar-refractivity contribution >= 4 is 28.1 Å². The van der Waals surface area contributed by atoms with E-state index >= 15 is 0 Å². The van der Waals surface area contributed by atoms with Crippen LogP contribution in [0.3, 0.4) is 0 Å². The average Bonchev–Trinajstić information content (AvgIpc) is 2.58. The average molecular weight is 422 g/mol. The zero-order valence-corrected chi connectivity index (χ0v) is 16.5. The van der Waals surface area contributed by atoms with Crippen LogP contribution < -0.4 is 14.8 Å². The van der Waals surface area contributed by atoms with E-state index in [-0.39, 0.29) is 18.1 Å². The SMILES string of the molecule is COc1cc(Br)c(C=O)cc1OCC(=O)NC12CC3CC(CC(C3)C1)C2. The van der Waals surface area contributed by atoms with Gasteiger partial charge in [-0.3, -0.25) is 9.59 Å². The molecule has 0 saturated heterocycles. The van der Waals surface area contributed by atoms with Gasteiger partial charge in [-0.25, -0.2) is 0 Å². The van der Waals surface area contributed by atoms with Crippen LogP contribution >= 0.6 is 15.9 Å². The quantitative estimate of drug-likeness (QED) is 0.710. The van der Waals surface area contributed by atoms with Gasteiger partial charge in [-0.2, -0.15) is 0 Å². The number of nitrogens with one attached hydrogen (secondary N) is 1. The number of ether oxygens (including phenoxy) is 2. The predicted octanol–water partition coefficient (Wildman–Crippen LogP) is 3.73. The van der Waals surface area contributed by atoms with E-state index in [1.54, 1.807) is 12.1 Å². The minimum Gasteiger partial charge on any atom is -0.493 e. The molecule has 26 heavy (non-hydrogen) atoms. The molecule has 1 N–H and O–H groups in total. The van der Waals surface area contributed by atoms with Crippen LogP contribution in [-0.2, 0) is 4.79 Å². The summed E-state index contributed by atoms with van der Waals surface area (Å²) in [6.07, 6.45) is 8.11. The second kappa shape index (κ2) is 6.87. The molecular weight excluding hydrogens is 398 g/mol. The van der Waals surface area contributed by atoms with Gasteiger partial charge in [-0.05, 0) is 84.3 Å². The molecular formula is C20H24BrNO4. The van der Waals surface area contributed by atoms with Crippen LogP contribution in [0.5, 0.6) is 11.5 Å². The lowest BCUT2D eigenvalue weighted by atomic mass is 9.53. The van der Waals surface area contributed by atoms with Crippen molar-refractivity contribution in [3.8, 4) is 11.5 Å². The molecule has 4 aliphatic rings. The van der Waals surface area contributed by atoms with Crippen LogP contribution in [0.4, 0.5) is 0 Å². The second-order valence-electron chi connectivity index (χ2n) is 8.18. The molecule has 1 amide bonds. The molecule has 5 rings (SSSR count). The van der Waals surface area contributed by atoms with E-state index in [4.69, 9.17) is 9.47 Å². The summed E-state index contributed by atoms with van der Waals surface area (Å²) in [5.41, 5.74) is 0.440. The molecule has 140 valence electrons. The Balaban J connectivity index is 1.41. The van der Waals surface area contributed by atoms with Crippen molar-refractivity contribution in [2.45, 2.75) is 44.1 Å². The topological polar surface area (TPSA) is 64.6 Å². The van der Waals surface area contributed by atoms with E-state index in [2.05, 4.69) is 21.2 Å². The molecule has 1 aromatic rings. The van der Waals surface area contributed by atoms with Gasteiger partial charge in [-0.1, -0.05) is 0 Å². The number of carbonyl (C=O) groups is 2. The van der Waals surface area contributed by atoms with Gasteiger partial charge >= 0.3 is 0 Å². The number of hydrogen-bond acceptors (Lipinski definition) is 4. The number of methoxy groups -OCH3 is 1.